The van der Waals surface area contributed by atoms with Crippen LogP contribution in [0.4, 0.5) is 13.2 Å². The van der Waals surface area contributed by atoms with Crippen LogP contribution in [0.15, 0.2) is 65.6 Å². The highest BCUT2D eigenvalue weighted by atomic mass is 35.5. The van der Waals surface area contributed by atoms with Gasteiger partial charge in [0.1, 0.15) is 22.6 Å². The van der Waals surface area contributed by atoms with E-state index in [1.54, 1.807) is 19.9 Å². The topological polar surface area (TPSA) is 59.3 Å². The number of halogens is 4. The number of esters is 1. The summed E-state index contributed by atoms with van der Waals surface area (Å²) in [5, 5.41) is 8.23. The molecule has 1 fully saturated rings. The number of ether oxygens (including phenoxy) is 2. The number of nitrogens with zero attached hydrogens (tertiary/aromatic N) is 1. The van der Waals surface area contributed by atoms with Gasteiger partial charge >= 0.3 is 12.1 Å². The van der Waals surface area contributed by atoms with Crippen molar-refractivity contribution in [2.75, 3.05) is 0 Å². The average molecular weight is 455 g/mol. The van der Waals surface area contributed by atoms with Gasteiger partial charge in [0.15, 0.2) is 0 Å². The van der Waals surface area contributed by atoms with E-state index in [2.05, 4.69) is 0 Å². The number of carbonyl (C=O) groups is 1. The molecular formula is C23H19ClF3NO3. The molecule has 4 nitrogen and oxygen atoms in total. The molecule has 2 aromatic carbocycles. The van der Waals surface area contributed by atoms with Crippen LogP contribution in [0.25, 0.3) is 0 Å². The Bertz CT molecular complexity index is 1260. The molecule has 3 rings (SSSR count). The Morgan fingerprint density at radius 1 is 1.29 bits per heavy atom. The van der Waals surface area contributed by atoms with Crippen molar-refractivity contribution in [3.8, 4) is 17.6 Å². The maximum atomic E-state index is 12.8. The predicted octanol–water partition coefficient (Wildman–Crippen LogP) is 6.54. The summed E-state index contributed by atoms with van der Waals surface area (Å²) >= 11 is 5.31. The van der Waals surface area contributed by atoms with Crippen LogP contribution in [0.2, 0.25) is 0 Å². The summed E-state index contributed by atoms with van der Waals surface area (Å²) in [5.74, 6) is -3.09. The van der Waals surface area contributed by atoms with E-state index in [1.165, 1.54) is 24.3 Å². The molecule has 31 heavy (non-hydrogen) atoms. The second-order valence-corrected chi connectivity index (χ2v) is 7.82. The monoisotopic (exact) mass is 454 g/mol. The molecule has 0 spiro atoms. The van der Waals surface area contributed by atoms with E-state index < -0.39 is 76.5 Å². The standard InChI is InChI=1S/C23H19ClF3NO3/c1-22(2)17(12-19(24)23(25,26)27)20(22)21(29)31-18(13-28)14-7-6-10-16(11-14)30-15-8-4-3-5-9-15/h3-12,17-18,20H,1-2H3/b19-12-/t17-,18-,20-/m0/s1/i3D,4D,5D,8D,9D. The summed E-state index contributed by atoms with van der Waals surface area (Å²) in [4.78, 5) is 12.7. The lowest BCUT2D eigenvalue weighted by Gasteiger charge is -2.13. The summed E-state index contributed by atoms with van der Waals surface area (Å²) in [7, 11) is 0. The summed E-state index contributed by atoms with van der Waals surface area (Å²) < 4.78 is 88.1. The van der Waals surface area contributed by atoms with Gasteiger partial charge in [-0.05, 0) is 35.6 Å². The molecular weight excluding hydrogens is 431 g/mol. The van der Waals surface area contributed by atoms with Crippen molar-refractivity contribution >= 4 is 17.6 Å². The van der Waals surface area contributed by atoms with Crippen LogP contribution in [0.1, 0.15) is 32.4 Å². The summed E-state index contributed by atoms with van der Waals surface area (Å²) in [6, 6.07) is 4.47. The Kier molecular flexibility index (Phi) is 4.65. The van der Waals surface area contributed by atoms with Gasteiger partial charge in [-0.25, -0.2) is 0 Å². The number of benzene rings is 2. The van der Waals surface area contributed by atoms with Crippen LogP contribution in [0, 0.1) is 28.6 Å². The van der Waals surface area contributed by atoms with E-state index in [-0.39, 0.29) is 11.3 Å². The summed E-state index contributed by atoms with van der Waals surface area (Å²) in [6.45, 7) is 3.16. The summed E-state index contributed by atoms with van der Waals surface area (Å²) in [6.07, 6.45) is -5.42. The average Bonchev–Trinajstić information content (AvgIpc) is 3.36. The number of hydrogen-bond acceptors (Lipinski definition) is 4. The van der Waals surface area contributed by atoms with Crippen LogP contribution in [-0.4, -0.2) is 12.1 Å². The third-order valence-corrected chi connectivity index (χ3v) is 5.31. The molecule has 0 radical (unpaired) electrons. The Hall–Kier alpha value is -2.98. The van der Waals surface area contributed by atoms with Gasteiger partial charge in [-0.1, -0.05) is 61.8 Å². The summed E-state index contributed by atoms with van der Waals surface area (Å²) in [5.41, 5.74) is -0.719. The fourth-order valence-corrected chi connectivity index (χ4v) is 3.33. The molecule has 162 valence electrons. The molecule has 8 heteroatoms. The highest BCUT2D eigenvalue weighted by Gasteiger charge is 2.62. The smallest absolute Gasteiger partial charge is 0.426 e. The van der Waals surface area contributed by atoms with E-state index in [0.29, 0.717) is 0 Å². The van der Waals surface area contributed by atoms with Crippen LogP contribution in [-0.2, 0) is 9.53 Å². The zero-order chi connectivity index (χ0) is 27.2. The zero-order valence-corrected chi connectivity index (χ0v) is 17.1. The van der Waals surface area contributed by atoms with Gasteiger partial charge in [0.05, 0.1) is 12.8 Å². The highest BCUT2D eigenvalue weighted by molar-refractivity contribution is 6.30. The molecule has 0 saturated heterocycles. The molecule has 0 aromatic heterocycles. The predicted molar refractivity (Wildman–Crippen MR) is 108 cm³/mol. The molecule has 0 bridgehead atoms. The molecule has 1 aliphatic rings. The number of alkyl halides is 3. The van der Waals surface area contributed by atoms with E-state index in [9.17, 15) is 23.2 Å². The zero-order valence-electron chi connectivity index (χ0n) is 21.3. The minimum Gasteiger partial charge on any atom is -0.457 e. The third-order valence-electron chi connectivity index (χ3n) is 4.97. The van der Waals surface area contributed by atoms with Gasteiger partial charge in [-0.2, -0.15) is 18.4 Å². The van der Waals surface area contributed by atoms with Crippen molar-refractivity contribution in [3.63, 3.8) is 0 Å². The molecule has 0 heterocycles. The lowest BCUT2D eigenvalue weighted by Crippen LogP contribution is -2.14. The number of hydrogen-bond donors (Lipinski definition) is 0. The van der Waals surface area contributed by atoms with E-state index in [1.807, 2.05) is 0 Å². The van der Waals surface area contributed by atoms with Crippen molar-refractivity contribution in [1.82, 2.24) is 0 Å². The first-order chi connectivity index (χ1) is 16.6. The second-order valence-electron chi connectivity index (χ2n) is 7.41. The molecule has 3 atom stereocenters. The normalized spacial score (nSPS) is 23.3. The third kappa shape index (κ3) is 5.20. The molecule has 1 saturated carbocycles. The molecule has 0 N–H and O–H groups in total. The first kappa shape index (κ1) is 16.7. The number of allylic oxidation sites excluding steroid dienone is 2. The van der Waals surface area contributed by atoms with Crippen molar-refractivity contribution in [2.45, 2.75) is 26.1 Å². The van der Waals surface area contributed by atoms with Gasteiger partial charge < -0.3 is 9.47 Å². The van der Waals surface area contributed by atoms with E-state index >= 15 is 0 Å². The Labute approximate surface area is 189 Å². The second kappa shape index (κ2) is 8.64. The number of nitriles is 1. The van der Waals surface area contributed by atoms with Crippen LogP contribution < -0.4 is 4.74 Å². The molecule has 0 amide bonds. The van der Waals surface area contributed by atoms with Crippen molar-refractivity contribution in [2.24, 2.45) is 17.3 Å². The number of rotatable bonds is 6. The highest BCUT2D eigenvalue weighted by Crippen LogP contribution is 2.60. The lowest BCUT2D eigenvalue weighted by molar-refractivity contribution is -0.149. The van der Waals surface area contributed by atoms with Gasteiger partial charge in [0, 0.05) is 5.56 Å². The lowest BCUT2D eigenvalue weighted by atomic mass is 10.1. The minimum atomic E-state index is -4.75. The first-order valence-electron chi connectivity index (χ1n) is 11.5. The number of carbonyl (C=O) groups excluding carboxylic acids is 1. The maximum Gasteiger partial charge on any atom is 0.426 e. The molecule has 2 aromatic rings. The van der Waals surface area contributed by atoms with E-state index in [4.69, 9.17) is 27.9 Å². The quantitative estimate of drug-likeness (QED) is 0.465. The van der Waals surface area contributed by atoms with Crippen molar-refractivity contribution < 1.29 is 34.3 Å². The van der Waals surface area contributed by atoms with Gasteiger partial charge in [0.2, 0.25) is 6.10 Å². The maximum absolute atomic E-state index is 12.8. The molecule has 1 aliphatic carbocycles. The van der Waals surface area contributed by atoms with Crippen molar-refractivity contribution in [1.29, 1.82) is 5.26 Å². The van der Waals surface area contributed by atoms with Crippen LogP contribution in [0.5, 0.6) is 11.5 Å². The van der Waals surface area contributed by atoms with Crippen molar-refractivity contribution in [3.05, 3.63) is 71.1 Å². The SMILES string of the molecule is [2H]c1c([2H])c([2H])c(Oc2cccc([C@H](C#N)OC(=O)[C@@H]3[C@H](/C=C(\Cl)C(F)(F)F)C3(C)C)c2)c([2H])c1[2H]. The Balaban J connectivity index is 1.81. The fourth-order valence-electron chi connectivity index (χ4n) is 3.20. The number of para-hydroxylation sites is 1. The minimum absolute atomic E-state index is 0.00634. The van der Waals surface area contributed by atoms with Crippen LogP contribution >= 0.6 is 11.6 Å². The Morgan fingerprint density at radius 3 is 2.58 bits per heavy atom. The van der Waals surface area contributed by atoms with Gasteiger partial charge in [-0.3, -0.25) is 4.79 Å². The molecule has 0 aliphatic heterocycles. The van der Waals surface area contributed by atoms with Gasteiger partial charge in [0.25, 0.3) is 0 Å². The van der Waals surface area contributed by atoms with Crippen LogP contribution in [0.3, 0.4) is 0 Å². The molecule has 0 unspecified atom stereocenters. The van der Waals surface area contributed by atoms with E-state index in [0.717, 1.165) is 6.08 Å². The van der Waals surface area contributed by atoms with Gasteiger partial charge in [-0.15, -0.1) is 0 Å². The fraction of sp³-hybridized carbons (Fsp3) is 0.304. The Morgan fingerprint density at radius 2 is 1.97 bits per heavy atom. The largest absolute Gasteiger partial charge is 0.457 e. The first-order valence-corrected chi connectivity index (χ1v) is 9.38.